The van der Waals surface area contributed by atoms with E-state index >= 15 is 0 Å². The Morgan fingerprint density at radius 1 is 0.551 bits per heavy atom. The van der Waals surface area contributed by atoms with E-state index in [9.17, 15) is 83.1 Å². The van der Waals surface area contributed by atoms with E-state index in [0.29, 0.717) is 31.4 Å². The summed E-state index contributed by atoms with van der Waals surface area (Å²) < 4.78 is 0. The molecule has 0 aliphatic heterocycles. The summed E-state index contributed by atoms with van der Waals surface area (Å²) in [6.07, 6.45) is -1.27. The van der Waals surface area contributed by atoms with Crippen molar-refractivity contribution in [2.75, 3.05) is 19.7 Å². The van der Waals surface area contributed by atoms with E-state index in [1.165, 1.54) is 24.3 Å². The number of aliphatic carboxylic acids is 2. The third-order valence-electron chi connectivity index (χ3n) is 12.4. The molecule has 0 spiro atoms. The van der Waals surface area contributed by atoms with Gasteiger partial charge in [-0.25, -0.2) is 4.79 Å². The van der Waals surface area contributed by atoms with Gasteiger partial charge in [-0.2, -0.15) is 0 Å². The largest absolute Gasteiger partial charge is 0.508 e. The number of rotatable bonds is 37. The molecule has 1 aromatic carbocycles. The molecule has 1 rings (SSSR count). The second kappa shape index (κ2) is 35.1. The van der Waals surface area contributed by atoms with E-state index in [2.05, 4.69) is 47.9 Å². The Hall–Kier alpha value is -7.46. The van der Waals surface area contributed by atoms with E-state index in [-0.39, 0.29) is 43.8 Å². The quantitative estimate of drug-likeness (QED) is 0.0286. The lowest BCUT2D eigenvalue weighted by Crippen LogP contribution is -2.62. The van der Waals surface area contributed by atoms with Crippen LogP contribution in [-0.4, -0.2) is 171 Å². The van der Waals surface area contributed by atoms with Crippen molar-refractivity contribution < 1.29 is 83.1 Å². The number of carboxylic acid groups (broad SMARTS) is 2. The van der Waals surface area contributed by atoms with Crippen LogP contribution in [0.2, 0.25) is 0 Å². The van der Waals surface area contributed by atoms with Crippen LogP contribution in [0.25, 0.3) is 0 Å². The molecular formula is C50H81N11O17. The van der Waals surface area contributed by atoms with E-state index in [1.54, 1.807) is 41.5 Å². The number of primary amides is 1. The molecule has 0 aromatic heterocycles. The monoisotopic (exact) mass is 1110 g/mol. The minimum absolute atomic E-state index is 0.0425. The van der Waals surface area contributed by atoms with Gasteiger partial charge in [0.15, 0.2) is 0 Å². The molecule has 0 bridgehead atoms. The second-order valence-electron chi connectivity index (χ2n) is 19.5. The summed E-state index contributed by atoms with van der Waals surface area (Å²) in [4.78, 5) is 157. The average Bonchev–Trinajstić information content (AvgIpc) is 3.36. The average molecular weight is 1110 g/mol. The van der Waals surface area contributed by atoms with Crippen LogP contribution >= 0.6 is 0 Å². The summed E-state index contributed by atoms with van der Waals surface area (Å²) in [6.45, 7) is 9.57. The van der Waals surface area contributed by atoms with Gasteiger partial charge >= 0.3 is 11.9 Å². The number of aliphatic hydroxyl groups excluding tert-OH is 2. The molecule has 11 atom stereocenters. The van der Waals surface area contributed by atoms with Crippen LogP contribution in [0.4, 0.5) is 0 Å². The summed E-state index contributed by atoms with van der Waals surface area (Å²) >= 11 is 0. The van der Waals surface area contributed by atoms with Gasteiger partial charge in [0, 0.05) is 12.8 Å². The Bertz CT molecular complexity index is 2210. The molecule has 28 heteroatoms. The minimum Gasteiger partial charge on any atom is -0.508 e. The number of nitrogens with two attached hydrogens (primary N) is 2. The Morgan fingerprint density at radius 2 is 1.04 bits per heavy atom. The molecule has 78 heavy (non-hydrogen) atoms. The number of phenolic OH excluding ortho intramolecular Hbond substituents is 1. The molecular weight excluding hydrogens is 1030 g/mol. The lowest BCUT2D eigenvalue weighted by molar-refractivity contribution is -0.144. The first-order valence-corrected chi connectivity index (χ1v) is 25.8. The topological polar surface area (TPSA) is 466 Å². The maximum absolute atomic E-state index is 14.1. The number of carbonyl (C=O) groups excluding carboxylic acids is 10. The summed E-state index contributed by atoms with van der Waals surface area (Å²) in [5, 5.41) is 70.6. The minimum atomic E-state index is -1.89. The smallest absolute Gasteiger partial charge is 0.326 e. The molecule has 0 aliphatic carbocycles. The van der Waals surface area contributed by atoms with Crippen LogP contribution in [0.1, 0.15) is 112 Å². The number of carbonyl (C=O) groups is 12. The highest BCUT2D eigenvalue weighted by Gasteiger charge is 2.38. The Morgan fingerprint density at radius 3 is 1.51 bits per heavy atom. The maximum Gasteiger partial charge on any atom is 0.326 e. The number of carboxylic acids is 2. The molecule has 28 nitrogen and oxygen atoms in total. The fourth-order valence-electron chi connectivity index (χ4n) is 7.52. The van der Waals surface area contributed by atoms with Gasteiger partial charge in [-0.3, -0.25) is 52.7 Å². The van der Waals surface area contributed by atoms with E-state index in [0.717, 1.165) is 6.92 Å². The van der Waals surface area contributed by atoms with Crippen molar-refractivity contribution in [1.82, 2.24) is 47.9 Å². The zero-order valence-corrected chi connectivity index (χ0v) is 45.2. The number of hydrogen-bond donors (Lipinski definition) is 16. The van der Waals surface area contributed by atoms with Gasteiger partial charge < -0.3 is 84.9 Å². The van der Waals surface area contributed by atoms with Crippen LogP contribution in [0.5, 0.6) is 5.75 Å². The SMILES string of the molecule is CC[C@H](C)[C@H](NC(=O)[C@@H](NC(=O)CNC(=O)[C@H](CO)NC(=O)[C@H](Cc1ccc(O)cc1)NC(=O)CCCCCN)[C@@H](C)O)C(=O)N[C@H](C(=O)N[C@@H](CC(N)=O)C(=O)N[C@@H](CC(=O)O)C(=O)N[C@@H](CC(C)C)C(=O)O)[C@@H](C)CC. The van der Waals surface area contributed by atoms with Crippen LogP contribution in [-0.2, 0) is 64.0 Å². The predicted molar refractivity (Wildman–Crippen MR) is 279 cm³/mol. The fraction of sp³-hybridized carbons (Fsp3) is 0.640. The fourth-order valence-corrected chi connectivity index (χ4v) is 7.52. The zero-order valence-electron chi connectivity index (χ0n) is 45.2. The molecule has 0 fully saturated rings. The highest BCUT2D eigenvalue weighted by Crippen LogP contribution is 2.15. The molecule has 0 aliphatic rings. The normalized spacial score (nSPS) is 15.3. The van der Waals surface area contributed by atoms with Gasteiger partial charge in [0.1, 0.15) is 54.1 Å². The first kappa shape index (κ1) is 68.6. The van der Waals surface area contributed by atoms with E-state index in [4.69, 9.17) is 11.5 Å². The van der Waals surface area contributed by atoms with Crippen LogP contribution in [0.15, 0.2) is 24.3 Å². The summed E-state index contributed by atoms with van der Waals surface area (Å²) in [6, 6.07) is -7.01. The van der Waals surface area contributed by atoms with Crippen LogP contribution in [0, 0.1) is 17.8 Å². The molecule has 0 unspecified atom stereocenters. The van der Waals surface area contributed by atoms with Gasteiger partial charge in [-0.1, -0.05) is 72.9 Å². The summed E-state index contributed by atoms with van der Waals surface area (Å²) in [5.74, 6) is -14.8. The van der Waals surface area contributed by atoms with Gasteiger partial charge in [0.2, 0.25) is 59.1 Å². The summed E-state index contributed by atoms with van der Waals surface area (Å²) in [5.41, 5.74) is 11.4. The van der Waals surface area contributed by atoms with Crippen molar-refractivity contribution in [1.29, 1.82) is 0 Å². The number of hydrogen-bond acceptors (Lipinski definition) is 16. The summed E-state index contributed by atoms with van der Waals surface area (Å²) in [7, 11) is 0. The molecule has 18 N–H and O–H groups in total. The Kier molecular flexibility index (Phi) is 30.8. The van der Waals surface area contributed by atoms with Crippen molar-refractivity contribution >= 4 is 71.0 Å². The van der Waals surface area contributed by atoms with Gasteiger partial charge in [-0.15, -0.1) is 0 Å². The number of benzene rings is 1. The first-order valence-electron chi connectivity index (χ1n) is 25.8. The third-order valence-corrected chi connectivity index (χ3v) is 12.4. The molecule has 0 heterocycles. The molecule has 438 valence electrons. The van der Waals surface area contributed by atoms with Crippen LogP contribution in [0.3, 0.4) is 0 Å². The van der Waals surface area contributed by atoms with Crippen LogP contribution < -0.4 is 59.3 Å². The maximum atomic E-state index is 14.1. The highest BCUT2D eigenvalue weighted by molar-refractivity contribution is 5.99. The van der Waals surface area contributed by atoms with E-state index in [1.807, 2.05) is 0 Å². The number of nitrogens with one attached hydrogen (secondary N) is 9. The Balaban J connectivity index is 3.25. The lowest BCUT2D eigenvalue weighted by Gasteiger charge is -2.31. The Labute approximate surface area is 452 Å². The predicted octanol–water partition coefficient (Wildman–Crippen LogP) is -3.61. The standard InChI is InChI=1S/C50H81N11O17/c1-8-26(5)40(47(74)56-32(21-36(52)65)45(72)55-33(22-39(68)69)46(73)57-34(50(77)78)19-25(3)4)60-48(75)41(27(6)9-2)61-49(76)42(28(7)63)59-38(67)23-53-43(70)35(24-62)58-44(71)31(20-29-14-16-30(64)17-15-29)54-37(66)13-11-10-12-18-51/h14-17,25-28,31-35,40-42,62-64H,8-13,18-24,51H2,1-7H3,(H2,52,65)(H,53,70)(H,54,66)(H,55,72)(H,56,74)(H,57,73)(H,58,71)(H,59,67)(H,60,75)(H,61,76)(H,68,69)(H,77,78)/t26-,27-,28+,31-,32-,33-,34-,35-,40-,41-,42-/m0/s1. The molecule has 0 radical (unpaired) electrons. The van der Waals surface area contributed by atoms with Crippen molar-refractivity contribution in [3.05, 3.63) is 29.8 Å². The van der Waals surface area contributed by atoms with Gasteiger partial charge in [0.25, 0.3) is 0 Å². The first-order chi connectivity index (χ1) is 36.6. The van der Waals surface area contributed by atoms with Crippen molar-refractivity contribution in [2.45, 2.75) is 167 Å². The third kappa shape index (κ3) is 25.1. The van der Waals surface area contributed by atoms with Crippen molar-refractivity contribution in [3.8, 4) is 5.75 Å². The van der Waals surface area contributed by atoms with Crippen molar-refractivity contribution in [3.63, 3.8) is 0 Å². The number of amides is 10. The zero-order chi connectivity index (χ0) is 59.4. The number of aromatic hydroxyl groups is 1. The molecule has 0 saturated carbocycles. The molecule has 1 aromatic rings. The number of phenols is 1. The van der Waals surface area contributed by atoms with E-state index < -0.39 is 163 Å². The number of unbranched alkanes of at least 4 members (excludes halogenated alkanes) is 2. The molecule has 0 saturated heterocycles. The van der Waals surface area contributed by atoms with Crippen molar-refractivity contribution in [2.24, 2.45) is 29.2 Å². The van der Waals surface area contributed by atoms with Gasteiger partial charge in [0.05, 0.1) is 32.1 Å². The lowest BCUT2D eigenvalue weighted by atomic mass is 9.94. The second-order valence-corrected chi connectivity index (χ2v) is 19.5. The number of aliphatic hydroxyl groups is 2. The molecule has 10 amide bonds. The van der Waals surface area contributed by atoms with Gasteiger partial charge in [-0.05, 0) is 68.2 Å². The highest BCUT2D eigenvalue weighted by atomic mass is 16.4.